The van der Waals surface area contributed by atoms with E-state index >= 15 is 0 Å². The Bertz CT molecular complexity index is 1100. The van der Waals surface area contributed by atoms with Crippen LogP contribution in [0.2, 0.25) is 0 Å². The molecule has 0 radical (unpaired) electrons. The molecule has 0 bridgehead atoms. The Morgan fingerprint density at radius 3 is 2.70 bits per heavy atom. The van der Waals surface area contributed by atoms with Crippen molar-refractivity contribution in [3.05, 3.63) is 65.2 Å². The number of fused-ring (bicyclic) bond motifs is 5. The molecule has 0 aliphatic carbocycles. The maximum Gasteiger partial charge on any atom is 0.249 e. The lowest BCUT2D eigenvalue weighted by molar-refractivity contribution is -0.165. The van der Waals surface area contributed by atoms with Gasteiger partial charge in [0.1, 0.15) is 11.3 Å². The fourth-order valence-electron chi connectivity index (χ4n) is 6.70. The summed E-state index contributed by atoms with van der Waals surface area (Å²) < 4.78 is 12.0. The summed E-state index contributed by atoms with van der Waals surface area (Å²) in [6, 6.07) is 16.2. The molecule has 2 aromatic rings. The summed E-state index contributed by atoms with van der Waals surface area (Å²) in [5.74, 6) is 0.705. The molecule has 5 atom stereocenters. The highest BCUT2D eigenvalue weighted by Gasteiger charge is 2.66. The zero-order valence-electron chi connectivity index (χ0n) is 19.2. The molecule has 33 heavy (non-hydrogen) atoms. The highest BCUT2D eigenvalue weighted by molar-refractivity contribution is 6.00. The van der Waals surface area contributed by atoms with Crippen LogP contribution >= 0.6 is 0 Å². The Morgan fingerprint density at radius 1 is 1.12 bits per heavy atom. The van der Waals surface area contributed by atoms with Gasteiger partial charge in [-0.1, -0.05) is 48.0 Å². The molecule has 2 amide bonds. The minimum absolute atomic E-state index is 0.00211. The van der Waals surface area contributed by atoms with Gasteiger partial charge in [-0.25, -0.2) is 0 Å². The Kier molecular flexibility index (Phi) is 4.77. The zero-order chi connectivity index (χ0) is 22.7. The average molecular weight is 447 g/mol. The first kappa shape index (κ1) is 20.7. The van der Waals surface area contributed by atoms with Gasteiger partial charge in [-0.05, 0) is 38.3 Å². The van der Waals surface area contributed by atoms with E-state index in [-0.39, 0.29) is 42.3 Å². The standard InChI is InChI=1S/C27H30N2O4/c1-17-10-11-22-20(13-17)25-21(16-33-22)24(18-7-4-3-5-8-18)27(2)26(31)28(15-23(30)29(25)27)14-19-9-6-12-32-19/h3-5,7-8,10-11,13,19,21,24-25H,6,9,12,14-16H2,1-2H3/t19?,21-,24+,25+,27-/m1/s1. The van der Waals surface area contributed by atoms with Crippen molar-refractivity contribution in [3.8, 4) is 5.75 Å². The lowest BCUT2D eigenvalue weighted by atomic mass is 9.73. The van der Waals surface area contributed by atoms with Crippen molar-refractivity contribution in [3.63, 3.8) is 0 Å². The lowest BCUT2D eigenvalue weighted by Crippen LogP contribution is -2.66. The topological polar surface area (TPSA) is 59.1 Å². The van der Waals surface area contributed by atoms with E-state index < -0.39 is 5.54 Å². The van der Waals surface area contributed by atoms with Gasteiger partial charge in [0.05, 0.1) is 25.3 Å². The van der Waals surface area contributed by atoms with E-state index in [1.165, 1.54) is 0 Å². The van der Waals surface area contributed by atoms with E-state index in [2.05, 4.69) is 25.1 Å². The monoisotopic (exact) mass is 446 g/mol. The largest absolute Gasteiger partial charge is 0.493 e. The highest BCUT2D eigenvalue weighted by Crippen LogP contribution is 2.59. The quantitative estimate of drug-likeness (QED) is 0.725. The van der Waals surface area contributed by atoms with Crippen molar-refractivity contribution in [2.24, 2.45) is 5.92 Å². The number of nitrogens with zero attached hydrogens (tertiary/aromatic N) is 2. The molecule has 2 aromatic carbocycles. The van der Waals surface area contributed by atoms with Crippen LogP contribution in [0.4, 0.5) is 0 Å². The average Bonchev–Trinajstić information content (AvgIpc) is 3.42. The molecule has 0 aromatic heterocycles. The van der Waals surface area contributed by atoms with Gasteiger partial charge in [0.15, 0.2) is 0 Å². The van der Waals surface area contributed by atoms with Gasteiger partial charge in [0.25, 0.3) is 0 Å². The lowest BCUT2D eigenvalue weighted by Gasteiger charge is -2.47. The molecule has 6 heteroatoms. The number of aryl methyl sites for hydroxylation is 1. The first-order valence-electron chi connectivity index (χ1n) is 12.0. The van der Waals surface area contributed by atoms with Gasteiger partial charge in [-0.15, -0.1) is 0 Å². The molecular weight excluding hydrogens is 416 g/mol. The van der Waals surface area contributed by atoms with Gasteiger partial charge in [0.2, 0.25) is 11.8 Å². The molecule has 4 aliphatic rings. The molecule has 3 saturated heterocycles. The molecule has 0 N–H and O–H groups in total. The first-order valence-corrected chi connectivity index (χ1v) is 12.0. The van der Waals surface area contributed by atoms with Gasteiger partial charge in [-0.3, -0.25) is 9.59 Å². The molecule has 0 spiro atoms. The van der Waals surface area contributed by atoms with Crippen LogP contribution in [0.3, 0.4) is 0 Å². The number of amides is 2. The Labute approximate surface area is 194 Å². The fraction of sp³-hybridized carbons (Fsp3) is 0.481. The minimum Gasteiger partial charge on any atom is -0.493 e. The molecular formula is C27H30N2O4. The Morgan fingerprint density at radius 2 is 1.94 bits per heavy atom. The molecule has 0 saturated carbocycles. The second-order valence-corrected chi connectivity index (χ2v) is 10.1. The molecule has 6 rings (SSSR count). The third-order valence-corrected chi connectivity index (χ3v) is 8.05. The molecule has 6 nitrogen and oxygen atoms in total. The van der Waals surface area contributed by atoms with Crippen molar-refractivity contribution >= 4 is 11.8 Å². The molecule has 4 aliphatic heterocycles. The van der Waals surface area contributed by atoms with Crippen molar-refractivity contribution in [1.29, 1.82) is 0 Å². The van der Waals surface area contributed by atoms with Crippen molar-refractivity contribution < 1.29 is 19.1 Å². The number of rotatable bonds is 3. The number of piperazine rings is 1. The summed E-state index contributed by atoms with van der Waals surface area (Å²) in [6.45, 7) is 5.84. The highest BCUT2D eigenvalue weighted by atomic mass is 16.5. The summed E-state index contributed by atoms with van der Waals surface area (Å²) in [6.07, 6.45) is 1.96. The van der Waals surface area contributed by atoms with Gasteiger partial charge in [-0.2, -0.15) is 0 Å². The van der Waals surface area contributed by atoms with E-state index in [1.54, 1.807) is 4.90 Å². The Balaban J connectivity index is 1.48. The van der Waals surface area contributed by atoms with Crippen LogP contribution in [0.5, 0.6) is 5.75 Å². The zero-order valence-corrected chi connectivity index (χ0v) is 19.2. The molecule has 172 valence electrons. The molecule has 4 heterocycles. The van der Waals surface area contributed by atoms with Crippen LogP contribution in [0, 0.1) is 12.8 Å². The van der Waals surface area contributed by atoms with Gasteiger partial charge < -0.3 is 19.3 Å². The van der Waals surface area contributed by atoms with Gasteiger partial charge >= 0.3 is 0 Å². The van der Waals surface area contributed by atoms with Crippen molar-refractivity contribution in [1.82, 2.24) is 9.80 Å². The number of carbonyl (C=O) groups is 2. The SMILES string of the molecule is Cc1ccc2c(c1)[C@H]1[C@H](CO2)[C@H](c2ccccc2)[C@]2(C)C(=O)N(CC3CCCO3)CC(=O)N12. The van der Waals surface area contributed by atoms with E-state index in [1.807, 2.05) is 42.2 Å². The summed E-state index contributed by atoms with van der Waals surface area (Å²) in [4.78, 5) is 31.6. The predicted molar refractivity (Wildman–Crippen MR) is 123 cm³/mol. The van der Waals surface area contributed by atoms with Crippen LogP contribution in [-0.2, 0) is 14.3 Å². The predicted octanol–water partition coefficient (Wildman–Crippen LogP) is 3.45. The molecule has 3 fully saturated rings. The van der Waals surface area contributed by atoms with E-state index in [9.17, 15) is 9.59 Å². The van der Waals surface area contributed by atoms with Crippen LogP contribution in [-0.4, -0.2) is 59.6 Å². The summed E-state index contributed by atoms with van der Waals surface area (Å²) in [5.41, 5.74) is 2.25. The van der Waals surface area contributed by atoms with Crippen molar-refractivity contribution in [2.75, 3.05) is 26.3 Å². The summed E-state index contributed by atoms with van der Waals surface area (Å²) in [5, 5.41) is 0. The number of hydrogen-bond donors (Lipinski definition) is 0. The van der Waals surface area contributed by atoms with Crippen LogP contribution in [0.1, 0.15) is 48.4 Å². The maximum atomic E-state index is 14.2. The van der Waals surface area contributed by atoms with Crippen LogP contribution in [0.15, 0.2) is 48.5 Å². The van der Waals surface area contributed by atoms with Crippen LogP contribution < -0.4 is 4.74 Å². The Hall–Kier alpha value is -2.86. The van der Waals surface area contributed by atoms with Crippen molar-refractivity contribution in [2.45, 2.75) is 50.3 Å². The molecule has 1 unspecified atom stereocenters. The van der Waals surface area contributed by atoms with E-state index in [0.29, 0.717) is 13.2 Å². The maximum absolute atomic E-state index is 14.2. The summed E-state index contributed by atoms with van der Waals surface area (Å²) >= 11 is 0. The number of carbonyl (C=O) groups excluding carboxylic acids is 2. The van der Waals surface area contributed by atoms with E-state index in [4.69, 9.17) is 9.47 Å². The smallest absolute Gasteiger partial charge is 0.249 e. The first-order chi connectivity index (χ1) is 16.0. The third-order valence-electron chi connectivity index (χ3n) is 8.05. The number of hydrogen-bond acceptors (Lipinski definition) is 4. The fourth-order valence-corrected chi connectivity index (χ4v) is 6.70. The second-order valence-electron chi connectivity index (χ2n) is 10.1. The van der Waals surface area contributed by atoms with Crippen LogP contribution in [0.25, 0.3) is 0 Å². The number of ether oxygens (including phenoxy) is 2. The second kappa shape index (κ2) is 7.59. The van der Waals surface area contributed by atoms with E-state index in [0.717, 1.165) is 41.9 Å². The summed E-state index contributed by atoms with van der Waals surface area (Å²) in [7, 11) is 0. The van der Waals surface area contributed by atoms with Gasteiger partial charge in [0, 0.05) is 30.6 Å². The minimum atomic E-state index is -0.973. The third kappa shape index (κ3) is 3.03. The number of benzene rings is 2. The normalized spacial score (nSPS) is 32.9.